The molecule has 2 aromatic carbocycles. The Hall–Kier alpha value is -2.63. The van der Waals surface area contributed by atoms with Crippen molar-refractivity contribution in [3.05, 3.63) is 48.0 Å². The molecular weight excluding hydrogens is 464 g/mol. The maximum Gasteiger partial charge on any atom is 0.261 e. The van der Waals surface area contributed by atoms with Crippen LogP contribution in [0.4, 0.5) is 11.4 Å². The predicted octanol–water partition coefficient (Wildman–Crippen LogP) is 2.61. The Bertz CT molecular complexity index is 1200. The number of carbonyl (C=O) groups excluding carboxylic acids is 1. The maximum atomic E-state index is 12.9. The van der Waals surface area contributed by atoms with Gasteiger partial charge in [0.05, 0.1) is 21.0 Å². The van der Waals surface area contributed by atoms with Crippen LogP contribution in [0, 0.1) is 0 Å². The minimum absolute atomic E-state index is 0.00820. The van der Waals surface area contributed by atoms with Crippen LogP contribution in [0.15, 0.2) is 52.3 Å². The van der Waals surface area contributed by atoms with E-state index in [1.807, 2.05) is 0 Å². The number of nitrogens with two attached hydrogens (primary N) is 1. The maximum absolute atomic E-state index is 12.9. The van der Waals surface area contributed by atoms with E-state index >= 15 is 0 Å². The average molecular weight is 495 g/mol. The number of rotatable bonds is 9. The van der Waals surface area contributed by atoms with Crippen molar-refractivity contribution in [2.75, 3.05) is 35.8 Å². The van der Waals surface area contributed by atoms with E-state index in [0.717, 1.165) is 38.0 Å². The summed E-state index contributed by atoms with van der Waals surface area (Å²) in [4.78, 5) is 14.1. The van der Waals surface area contributed by atoms with Gasteiger partial charge in [-0.25, -0.2) is 16.8 Å². The molecule has 0 aliphatic carbocycles. The van der Waals surface area contributed by atoms with Gasteiger partial charge in [-0.15, -0.1) is 0 Å². The largest absolute Gasteiger partial charge is 0.372 e. The normalized spacial score (nSPS) is 14.9. The number of benzene rings is 2. The van der Waals surface area contributed by atoms with E-state index in [0.29, 0.717) is 13.1 Å². The van der Waals surface area contributed by atoms with Crippen molar-refractivity contribution >= 4 is 37.3 Å². The Balaban J connectivity index is 1.87. The Morgan fingerprint density at radius 1 is 0.939 bits per heavy atom. The highest BCUT2D eigenvalue weighted by atomic mass is 32.2. The van der Waals surface area contributed by atoms with Crippen molar-refractivity contribution in [1.29, 1.82) is 0 Å². The van der Waals surface area contributed by atoms with E-state index in [-0.39, 0.29) is 21.0 Å². The third-order valence-electron chi connectivity index (χ3n) is 5.71. The quantitative estimate of drug-likeness (QED) is 0.551. The average Bonchev–Trinajstić information content (AvgIpc) is 2.80. The van der Waals surface area contributed by atoms with Crippen molar-refractivity contribution in [3.63, 3.8) is 0 Å². The molecule has 0 saturated carbocycles. The SMILES string of the molecule is CCN(CC)S(=O)(=O)c1ccc(S(=O)(=O)Nc2ccc(N3CCCCC3)cc2C(N)=O)cc1. The predicted molar refractivity (Wildman–Crippen MR) is 128 cm³/mol. The van der Waals surface area contributed by atoms with E-state index in [1.165, 1.54) is 34.6 Å². The molecule has 1 saturated heterocycles. The molecule has 33 heavy (non-hydrogen) atoms. The molecule has 0 unspecified atom stereocenters. The van der Waals surface area contributed by atoms with E-state index in [2.05, 4.69) is 9.62 Å². The second-order valence-electron chi connectivity index (χ2n) is 7.81. The van der Waals surface area contributed by atoms with Crippen molar-refractivity contribution in [2.45, 2.75) is 42.9 Å². The first-order valence-electron chi connectivity index (χ1n) is 10.9. The fourth-order valence-corrected chi connectivity index (χ4v) is 6.42. The smallest absolute Gasteiger partial charge is 0.261 e. The van der Waals surface area contributed by atoms with E-state index < -0.39 is 26.0 Å². The number of hydrogen-bond donors (Lipinski definition) is 2. The Kier molecular flexibility index (Phi) is 7.65. The van der Waals surface area contributed by atoms with Crippen LogP contribution in [0.1, 0.15) is 43.5 Å². The van der Waals surface area contributed by atoms with Crippen LogP contribution >= 0.6 is 0 Å². The minimum Gasteiger partial charge on any atom is -0.372 e. The standard InChI is InChI=1S/C22H30N4O5S2/c1-3-26(4-2)33(30,31)19-11-9-18(10-12-19)32(28,29)24-21-13-8-17(16-20(21)22(23)27)25-14-6-5-7-15-25/h8-13,16,24H,3-7,14-15H2,1-2H3,(H2,23,27). The third kappa shape index (κ3) is 5.48. The molecule has 1 amide bonds. The molecule has 11 heteroatoms. The van der Waals surface area contributed by atoms with Gasteiger partial charge in [0.25, 0.3) is 15.9 Å². The van der Waals surface area contributed by atoms with E-state index in [9.17, 15) is 21.6 Å². The first kappa shape index (κ1) is 25.0. The zero-order valence-corrected chi connectivity index (χ0v) is 20.5. The number of amides is 1. The van der Waals surface area contributed by atoms with Crippen LogP contribution in [0.5, 0.6) is 0 Å². The number of nitrogens with one attached hydrogen (secondary N) is 1. The molecule has 3 rings (SSSR count). The van der Waals surface area contributed by atoms with Gasteiger partial charge in [-0.1, -0.05) is 13.8 Å². The number of sulfonamides is 2. The Morgan fingerprint density at radius 3 is 2.06 bits per heavy atom. The molecule has 1 aliphatic rings. The van der Waals surface area contributed by atoms with Crippen LogP contribution < -0.4 is 15.4 Å². The van der Waals surface area contributed by atoms with Gasteiger partial charge in [-0.3, -0.25) is 9.52 Å². The summed E-state index contributed by atoms with van der Waals surface area (Å²) in [7, 11) is -7.78. The van der Waals surface area contributed by atoms with Gasteiger partial charge in [-0.05, 0) is 61.7 Å². The summed E-state index contributed by atoms with van der Waals surface area (Å²) in [6.07, 6.45) is 3.27. The van der Waals surface area contributed by atoms with Crippen molar-refractivity contribution < 1.29 is 21.6 Å². The first-order chi connectivity index (χ1) is 15.6. The van der Waals surface area contributed by atoms with Gasteiger partial charge in [0.2, 0.25) is 10.0 Å². The molecule has 180 valence electrons. The minimum atomic E-state index is -4.08. The van der Waals surface area contributed by atoms with Crippen LogP contribution in [-0.4, -0.2) is 53.2 Å². The molecule has 1 fully saturated rings. The van der Waals surface area contributed by atoms with Gasteiger partial charge in [0.1, 0.15) is 0 Å². The number of nitrogens with zero attached hydrogens (tertiary/aromatic N) is 2. The highest BCUT2D eigenvalue weighted by Gasteiger charge is 2.24. The Morgan fingerprint density at radius 2 is 1.52 bits per heavy atom. The molecule has 0 aromatic heterocycles. The molecule has 2 aromatic rings. The summed E-state index contributed by atoms with van der Waals surface area (Å²) in [6.45, 7) is 5.82. The fourth-order valence-electron chi connectivity index (χ4n) is 3.88. The highest BCUT2D eigenvalue weighted by molar-refractivity contribution is 7.92. The van der Waals surface area contributed by atoms with Crippen molar-refractivity contribution in [3.8, 4) is 0 Å². The van der Waals surface area contributed by atoms with Crippen LogP contribution in [0.2, 0.25) is 0 Å². The highest BCUT2D eigenvalue weighted by Crippen LogP contribution is 2.28. The lowest BCUT2D eigenvalue weighted by molar-refractivity contribution is 0.100. The lowest BCUT2D eigenvalue weighted by Gasteiger charge is -2.29. The molecule has 0 radical (unpaired) electrons. The molecule has 0 spiro atoms. The second-order valence-corrected chi connectivity index (χ2v) is 11.4. The molecule has 0 atom stereocenters. The molecular formula is C22H30N4O5S2. The molecule has 3 N–H and O–H groups in total. The summed E-state index contributed by atoms with van der Waals surface area (Å²) >= 11 is 0. The van der Waals surface area contributed by atoms with Crippen LogP contribution in [-0.2, 0) is 20.0 Å². The lowest BCUT2D eigenvalue weighted by atomic mass is 10.1. The van der Waals surface area contributed by atoms with Gasteiger partial charge in [0.15, 0.2) is 0 Å². The van der Waals surface area contributed by atoms with E-state index in [1.54, 1.807) is 26.0 Å². The summed E-state index contributed by atoms with van der Waals surface area (Å²) in [6, 6.07) is 9.87. The first-order valence-corrected chi connectivity index (χ1v) is 13.8. The zero-order valence-electron chi connectivity index (χ0n) is 18.8. The topological polar surface area (TPSA) is 130 Å². The number of hydrogen-bond acceptors (Lipinski definition) is 6. The monoisotopic (exact) mass is 494 g/mol. The summed E-state index contributed by atoms with van der Waals surface area (Å²) in [5.41, 5.74) is 6.49. The molecule has 1 aliphatic heterocycles. The lowest BCUT2D eigenvalue weighted by Crippen LogP contribution is -2.30. The number of primary amides is 1. The van der Waals surface area contributed by atoms with Gasteiger partial charge < -0.3 is 10.6 Å². The molecule has 0 bridgehead atoms. The summed E-state index contributed by atoms with van der Waals surface area (Å²) in [5.74, 6) is -0.743. The number of anilines is 2. The van der Waals surface area contributed by atoms with E-state index in [4.69, 9.17) is 5.73 Å². The van der Waals surface area contributed by atoms with Crippen LogP contribution in [0.3, 0.4) is 0 Å². The number of carbonyl (C=O) groups is 1. The summed E-state index contributed by atoms with van der Waals surface area (Å²) < 4.78 is 54.8. The van der Waals surface area contributed by atoms with Crippen molar-refractivity contribution in [2.24, 2.45) is 5.73 Å². The van der Waals surface area contributed by atoms with Gasteiger partial charge in [-0.2, -0.15) is 4.31 Å². The molecule has 9 nitrogen and oxygen atoms in total. The van der Waals surface area contributed by atoms with Crippen LogP contribution in [0.25, 0.3) is 0 Å². The third-order valence-corrected chi connectivity index (χ3v) is 9.16. The van der Waals surface area contributed by atoms with Gasteiger partial charge in [0, 0.05) is 31.9 Å². The fraction of sp³-hybridized carbons (Fsp3) is 0.409. The van der Waals surface area contributed by atoms with Gasteiger partial charge >= 0.3 is 0 Å². The summed E-state index contributed by atoms with van der Waals surface area (Å²) in [5, 5.41) is 0. The Labute approximate surface area is 195 Å². The second kappa shape index (κ2) is 10.1. The zero-order chi connectivity index (χ0) is 24.2. The molecule has 1 heterocycles. The number of piperidine rings is 1. The van der Waals surface area contributed by atoms with Crippen molar-refractivity contribution in [1.82, 2.24) is 4.31 Å².